The van der Waals surface area contributed by atoms with Gasteiger partial charge in [0.25, 0.3) is 0 Å². The summed E-state index contributed by atoms with van der Waals surface area (Å²) in [6.45, 7) is 2.84. The molecule has 3 nitrogen and oxygen atoms in total. The SMILES string of the molecule is CSC1(CNc2snc(C)c2C#N)CCCC1. The zero-order valence-corrected chi connectivity index (χ0v) is 11.9. The fourth-order valence-corrected chi connectivity index (χ4v) is 3.99. The van der Waals surface area contributed by atoms with E-state index in [-0.39, 0.29) is 0 Å². The number of nitriles is 1. The van der Waals surface area contributed by atoms with E-state index in [1.165, 1.54) is 37.2 Å². The highest BCUT2D eigenvalue weighted by molar-refractivity contribution is 8.00. The van der Waals surface area contributed by atoms with E-state index in [1.807, 2.05) is 18.7 Å². The van der Waals surface area contributed by atoms with E-state index in [0.29, 0.717) is 10.3 Å². The molecule has 2 rings (SSSR count). The second kappa shape index (κ2) is 5.28. The Morgan fingerprint density at radius 1 is 1.53 bits per heavy atom. The van der Waals surface area contributed by atoms with Gasteiger partial charge in [0.15, 0.2) is 0 Å². The van der Waals surface area contributed by atoms with Crippen LogP contribution in [0.15, 0.2) is 0 Å². The summed E-state index contributed by atoms with van der Waals surface area (Å²) in [7, 11) is 0. The molecule has 92 valence electrons. The first kappa shape index (κ1) is 12.7. The third-order valence-corrected chi connectivity index (χ3v) is 5.81. The first-order valence-electron chi connectivity index (χ1n) is 5.86. The van der Waals surface area contributed by atoms with Crippen molar-refractivity contribution in [2.24, 2.45) is 0 Å². The summed E-state index contributed by atoms with van der Waals surface area (Å²) < 4.78 is 4.60. The van der Waals surface area contributed by atoms with Gasteiger partial charge in [-0.2, -0.15) is 21.4 Å². The Morgan fingerprint density at radius 2 is 2.24 bits per heavy atom. The van der Waals surface area contributed by atoms with Crippen molar-refractivity contribution in [1.29, 1.82) is 5.26 Å². The van der Waals surface area contributed by atoms with Crippen molar-refractivity contribution in [3.05, 3.63) is 11.3 Å². The Labute approximate surface area is 111 Å². The number of aromatic nitrogens is 1. The van der Waals surface area contributed by atoms with E-state index in [2.05, 4.69) is 22.0 Å². The van der Waals surface area contributed by atoms with Gasteiger partial charge >= 0.3 is 0 Å². The molecule has 5 heteroatoms. The van der Waals surface area contributed by atoms with Crippen LogP contribution in [0.4, 0.5) is 5.00 Å². The molecule has 1 aromatic rings. The van der Waals surface area contributed by atoms with Gasteiger partial charge in [-0.3, -0.25) is 0 Å². The van der Waals surface area contributed by atoms with Crippen molar-refractivity contribution in [2.75, 3.05) is 18.1 Å². The van der Waals surface area contributed by atoms with Gasteiger partial charge in [-0.15, -0.1) is 0 Å². The number of hydrogen-bond acceptors (Lipinski definition) is 5. The molecule has 0 amide bonds. The molecule has 0 aliphatic heterocycles. The monoisotopic (exact) mass is 267 g/mol. The standard InChI is InChI=1S/C12H17N3S2/c1-9-10(7-13)11(17-15-9)14-8-12(16-2)5-3-4-6-12/h14H,3-6,8H2,1-2H3. The zero-order valence-electron chi connectivity index (χ0n) is 10.2. The second-order valence-electron chi connectivity index (χ2n) is 4.53. The zero-order chi connectivity index (χ0) is 12.3. The van der Waals surface area contributed by atoms with Gasteiger partial charge in [0.2, 0.25) is 0 Å². The first-order chi connectivity index (χ1) is 8.21. The molecule has 0 unspecified atom stereocenters. The molecule has 1 aliphatic carbocycles. The lowest BCUT2D eigenvalue weighted by Crippen LogP contribution is -2.29. The van der Waals surface area contributed by atoms with Crippen LogP contribution >= 0.6 is 23.3 Å². The fraction of sp³-hybridized carbons (Fsp3) is 0.667. The van der Waals surface area contributed by atoms with Crippen molar-refractivity contribution < 1.29 is 0 Å². The molecule has 17 heavy (non-hydrogen) atoms. The Balaban J connectivity index is 2.04. The van der Waals surface area contributed by atoms with Crippen LogP contribution in [0.3, 0.4) is 0 Å². The Morgan fingerprint density at radius 3 is 2.82 bits per heavy atom. The number of anilines is 1. The Hall–Kier alpha value is -0.730. The van der Waals surface area contributed by atoms with Crippen molar-refractivity contribution in [3.8, 4) is 6.07 Å². The summed E-state index contributed by atoms with van der Waals surface area (Å²) in [5, 5.41) is 13.4. The van der Waals surface area contributed by atoms with Gasteiger partial charge in [-0.25, -0.2) is 0 Å². The number of nitrogens with one attached hydrogen (secondary N) is 1. The van der Waals surface area contributed by atoms with Crippen molar-refractivity contribution in [2.45, 2.75) is 37.4 Å². The van der Waals surface area contributed by atoms with Crippen molar-refractivity contribution in [1.82, 2.24) is 4.37 Å². The third kappa shape index (κ3) is 2.58. The second-order valence-corrected chi connectivity index (χ2v) is 6.58. The topological polar surface area (TPSA) is 48.7 Å². The predicted octanol–water partition coefficient (Wildman–Crippen LogP) is 3.41. The van der Waals surface area contributed by atoms with Gasteiger partial charge < -0.3 is 5.32 Å². The molecular weight excluding hydrogens is 250 g/mol. The van der Waals surface area contributed by atoms with Crippen molar-refractivity contribution >= 4 is 28.3 Å². The van der Waals surface area contributed by atoms with Gasteiger partial charge in [-0.05, 0) is 37.6 Å². The summed E-state index contributed by atoms with van der Waals surface area (Å²) >= 11 is 3.36. The Bertz CT molecular complexity index is 427. The van der Waals surface area contributed by atoms with E-state index < -0.39 is 0 Å². The van der Waals surface area contributed by atoms with Gasteiger partial charge in [0, 0.05) is 11.3 Å². The average molecular weight is 267 g/mol. The van der Waals surface area contributed by atoms with Gasteiger partial charge in [0.1, 0.15) is 16.6 Å². The van der Waals surface area contributed by atoms with E-state index in [0.717, 1.165) is 17.2 Å². The fourth-order valence-electron chi connectivity index (χ4n) is 2.34. The summed E-state index contributed by atoms with van der Waals surface area (Å²) in [6, 6.07) is 2.23. The van der Waals surface area contributed by atoms with Crippen LogP contribution in [0, 0.1) is 18.3 Å². The smallest absolute Gasteiger partial charge is 0.127 e. The number of thioether (sulfide) groups is 1. The summed E-state index contributed by atoms with van der Waals surface area (Å²) in [4.78, 5) is 0. The molecule has 1 heterocycles. The first-order valence-corrected chi connectivity index (χ1v) is 7.86. The molecule has 1 aliphatic rings. The van der Waals surface area contributed by atoms with Crippen LogP contribution in [0.5, 0.6) is 0 Å². The minimum Gasteiger partial charge on any atom is -0.373 e. The number of aryl methyl sites for hydroxylation is 1. The molecule has 0 radical (unpaired) electrons. The highest BCUT2D eigenvalue weighted by Crippen LogP contribution is 2.40. The molecular formula is C12H17N3S2. The van der Waals surface area contributed by atoms with Crippen LogP contribution in [-0.4, -0.2) is 21.9 Å². The maximum Gasteiger partial charge on any atom is 0.127 e. The molecule has 0 atom stereocenters. The lowest BCUT2D eigenvalue weighted by atomic mass is 10.1. The highest BCUT2D eigenvalue weighted by Gasteiger charge is 2.33. The predicted molar refractivity (Wildman–Crippen MR) is 74.8 cm³/mol. The van der Waals surface area contributed by atoms with Gasteiger partial charge in [0.05, 0.1) is 5.69 Å². The molecule has 1 fully saturated rings. The van der Waals surface area contributed by atoms with Crippen LogP contribution in [0.1, 0.15) is 36.9 Å². The minimum absolute atomic E-state index is 0.366. The molecule has 0 spiro atoms. The van der Waals surface area contributed by atoms with E-state index in [4.69, 9.17) is 5.26 Å². The summed E-state index contributed by atoms with van der Waals surface area (Å²) in [5.74, 6) is 0. The van der Waals surface area contributed by atoms with Gasteiger partial charge in [-0.1, -0.05) is 12.8 Å². The molecule has 1 saturated carbocycles. The molecule has 0 bridgehead atoms. The van der Waals surface area contributed by atoms with E-state index in [9.17, 15) is 0 Å². The maximum absolute atomic E-state index is 9.07. The van der Waals surface area contributed by atoms with E-state index >= 15 is 0 Å². The molecule has 0 saturated heterocycles. The highest BCUT2D eigenvalue weighted by atomic mass is 32.2. The normalized spacial score (nSPS) is 17.9. The largest absolute Gasteiger partial charge is 0.373 e. The van der Waals surface area contributed by atoms with Crippen LogP contribution < -0.4 is 5.32 Å². The Kier molecular flexibility index (Phi) is 3.95. The minimum atomic E-state index is 0.366. The third-order valence-electron chi connectivity index (χ3n) is 3.49. The summed E-state index contributed by atoms with van der Waals surface area (Å²) in [6.07, 6.45) is 7.41. The molecule has 0 aromatic carbocycles. The number of hydrogen-bond donors (Lipinski definition) is 1. The molecule has 1 N–H and O–H groups in total. The van der Waals surface area contributed by atoms with Crippen LogP contribution in [0.2, 0.25) is 0 Å². The lowest BCUT2D eigenvalue weighted by molar-refractivity contribution is 0.640. The maximum atomic E-state index is 9.07. The van der Waals surface area contributed by atoms with Crippen LogP contribution in [-0.2, 0) is 0 Å². The lowest BCUT2D eigenvalue weighted by Gasteiger charge is -2.27. The quantitative estimate of drug-likeness (QED) is 0.908. The van der Waals surface area contributed by atoms with Crippen LogP contribution in [0.25, 0.3) is 0 Å². The van der Waals surface area contributed by atoms with Crippen molar-refractivity contribution in [3.63, 3.8) is 0 Å². The molecule has 1 aromatic heterocycles. The van der Waals surface area contributed by atoms with E-state index in [1.54, 1.807) is 0 Å². The number of nitrogens with zero attached hydrogens (tertiary/aromatic N) is 2. The summed E-state index contributed by atoms with van der Waals surface area (Å²) in [5.41, 5.74) is 1.55. The number of rotatable bonds is 4. The average Bonchev–Trinajstić information content (AvgIpc) is 2.94.